The van der Waals surface area contributed by atoms with Crippen molar-refractivity contribution >= 4 is 34.1 Å². The molecule has 1 aromatic rings. The van der Waals surface area contributed by atoms with Crippen LogP contribution in [0.15, 0.2) is 29.4 Å². The van der Waals surface area contributed by atoms with Gasteiger partial charge < -0.3 is 0 Å². The van der Waals surface area contributed by atoms with Gasteiger partial charge in [0.1, 0.15) is 0 Å². The third kappa shape index (κ3) is 5.03. The number of hydrogen-bond donors (Lipinski definition) is 2. The van der Waals surface area contributed by atoms with Crippen LogP contribution < -0.4 is 5.43 Å². The van der Waals surface area contributed by atoms with Gasteiger partial charge in [-0.2, -0.15) is 13.5 Å². The summed E-state index contributed by atoms with van der Waals surface area (Å²) in [7, 11) is -4.03. The summed E-state index contributed by atoms with van der Waals surface area (Å²) in [5.74, 6) is -0.455. The molecule has 0 saturated heterocycles. The molecule has 17 heavy (non-hydrogen) atoms. The molecular weight excluding hydrogens is 266 g/mol. The molecule has 8 heteroatoms. The summed E-state index contributed by atoms with van der Waals surface area (Å²) in [6.45, 7) is 3.23. The van der Waals surface area contributed by atoms with Gasteiger partial charge in [-0.25, -0.2) is 5.12 Å². The first-order chi connectivity index (χ1) is 7.92. The number of nitrogens with zero attached hydrogens (tertiary/aromatic N) is 2. The topological polar surface area (TPSA) is 82.0 Å². The SMILES string of the molecule is C=NN(CCS(=O)(=O)O)Nc1ccccc1Cl. The minimum atomic E-state index is -4.03. The predicted octanol–water partition coefficient (Wildman–Crippen LogP) is 1.47. The van der Waals surface area contributed by atoms with Gasteiger partial charge in [0.05, 0.1) is 23.0 Å². The van der Waals surface area contributed by atoms with E-state index in [4.69, 9.17) is 16.2 Å². The molecule has 0 unspecified atom stereocenters. The monoisotopic (exact) mass is 277 g/mol. The van der Waals surface area contributed by atoms with Crippen molar-refractivity contribution in [1.82, 2.24) is 5.12 Å². The van der Waals surface area contributed by atoms with Gasteiger partial charge in [0.25, 0.3) is 10.1 Å². The van der Waals surface area contributed by atoms with E-state index in [1.54, 1.807) is 24.3 Å². The molecule has 0 aromatic heterocycles. The Morgan fingerprint density at radius 2 is 2.12 bits per heavy atom. The Balaban J connectivity index is 2.65. The molecule has 0 spiro atoms. The standard InChI is InChI=1S/C9H12ClN3O3S/c1-11-13(6-7-17(14,15)16)12-9-5-3-2-4-8(9)10/h2-5,12H,1,6-7H2,(H,14,15,16). The molecule has 94 valence electrons. The maximum atomic E-state index is 10.6. The highest BCUT2D eigenvalue weighted by Crippen LogP contribution is 2.20. The van der Waals surface area contributed by atoms with Crippen molar-refractivity contribution < 1.29 is 13.0 Å². The zero-order valence-corrected chi connectivity index (χ0v) is 10.4. The third-order valence-electron chi connectivity index (χ3n) is 1.86. The fourth-order valence-electron chi connectivity index (χ4n) is 1.05. The fraction of sp³-hybridized carbons (Fsp3) is 0.222. The van der Waals surface area contributed by atoms with Crippen LogP contribution in [-0.4, -0.2) is 37.1 Å². The van der Waals surface area contributed by atoms with E-state index < -0.39 is 15.9 Å². The van der Waals surface area contributed by atoms with E-state index in [0.29, 0.717) is 10.7 Å². The maximum absolute atomic E-state index is 10.6. The number of hydrogen-bond acceptors (Lipinski definition) is 5. The van der Waals surface area contributed by atoms with E-state index >= 15 is 0 Å². The molecule has 0 radical (unpaired) electrons. The molecule has 0 aliphatic rings. The molecule has 6 nitrogen and oxygen atoms in total. The Hall–Kier alpha value is -1.31. The highest BCUT2D eigenvalue weighted by molar-refractivity contribution is 7.85. The Morgan fingerprint density at radius 1 is 1.47 bits per heavy atom. The number of benzene rings is 1. The van der Waals surface area contributed by atoms with Gasteiger partial charge in [0.15, 0.2) is 0 Å². The molecule has 1 rings (SSSR count). The second kappa shape index (κ2) is 5.85. The molecular formula is C9H12ClN3O3S. The lowest BCUT2D eigenvalue weighted by atomic mass is 10.3. The Morgan fingerprint density at radius 3 is 2.65 bits per heavy atom. The van der Waals surface area contributed by atoms with Gasteiger partial charge in [0.2, 0.25) is 0 Å². The minimum Gasteiger partial charge on any atom is -0.285 e. The summed E-state index contributed by atoms with van der Waals surface area (Å²) >= 11 is 5.90. The van der Waals surface area contributed by atoms with Crippen LogP contribution in [0, 0.1) is 0 Å². The summed E-state index contributed by atoms with van der Waals surface area (Å²) in [4.78, 5) is 0. The molecule has 0 aliphatic heterocycles. The summed E-state index contributed by atoms with van der Waals surface area (Å²) in [5, 5.41) is 5.21. The van der Waals surface area contributed by atoms with Crippen molar-refractivity contribution in [1.29, 1.82) is 0 Å². The zero-order chi connectivity index (χ0) is 12.9. The van der Waals surface area contributed by atoms with Crippen molar-refractivity contribution in [2.45, 2.75) is 0 Å². The number of nitrogens with one attached hydrogen (secondary N) is 1. The molecule has 0 fully saturated rings. The maximum Gasteiger partial charge on any atom is 0.266 e. The Labute approximate surface area is 105 Å². The lowest BCUT2D eigenvalue weighted by Gasteiger charge is -2.20. The van der Waals surface area contributed by atoms with Crippen LogP contribution >= 0.6 is 11.6 Å². The lowest BCUT2D eigenvalue weighted by Crippen LogP contribution is -2.29. The number of halogens is 1. The quantitative estimate of drug-likeness (QED) is 0.467. The summed E-state index contributed by atoms with van der Waals surface area (Å²) in [6, 6.07) is 6.90. The van der Waals surface area contributed by atoms with Crippen LogP contribution in [0.3, 0.4) is 0 Å². The van der Waals surface area contributed by atoms with E-state index in [1.165, 1.54) is 5.12 Å². The van der Waals surface area contributed by atoms with E-state index in [-0.39, 0.29) is 6.54 Å². The molecule has 0 amide bonds. The van der Waals surface area contributed by atoms with E-state index in [0.717, 1.165) is 0 Å². The van der Waals surface area contributed by atoms with Crippen LogP contribution in [0.1, 0.15) is 0 Å². The van der Waals surface area contributed by atoms with E-state index in [2.05, 4.69) is 17.2 Å². The van der Waals surface area contributed by atoms with Crippen LogP contribution in [0.5, 0.6) is 0 Å². The smallest absolute Gasteiger partial charge is 0.266 e. The van der Waals surface area contributed by atoms with E-state index in [1.807, 2.05) is 0 Å². The number of rotatable bonds is 6. The zero-order valence-electron chi connectivity index (χ0n) is 8.88. The second-order valence-corrected chi connectivity index (χ2v) is 5.12. The highest BCUT2D eigenvalue weighted by atomic mass is 35.5. The molecule has 0 bridgehead atoms. The molecule has 2 N–H and O–H groups in total. The minimum absolute atomic E-state index is 0.0481. The number of anilines is 1. The summed E-state index contributed by atoms with van der Waals surface area (Å²) in [6.07, 6.45) is 0. The highest BCUT2D eigenvalue weighted by Gasteiger charge is 2.09. The third-order valence-corrected chi connectivity index (χ3v) is 2.88. The first-order valence-electron chi connectivity index (χ1n) is 4.63. The average Bonchev–Trinajstić information content (AvgIpc) is 2.25. The first-order valence-corrected chi connectivity index (χ1v) is 6.61. The normalized spacial score (nSPS) is 10.9. The number of hydrazine groups is 1. The molecule has 0 saturated carbocycles. The Bertz CT molecular complexity index is 492. The van der Waals surface area contributed by atoms with Gasteiger partial charge in [-0.3, -0.25) is 9.98 Å². The van der Waals surface area contributed by atoms with Crippen LogP contribution in [0.25, 0.3) is 0 Å². The average molecular weight is 278 g/mol. The van der Waals surface area contributed by atoms with Gasteiger partial charge in [0, 0.05) is 6.72 Å². The molecule has 0 heterocycles. The van der Waals surface area contributed by atoms with Crippen molar-refractivity contribution in [3.63, 3.8) is 0 Å². The van der Waals surface area contributed by atoms with Crippen molar-refractivity contribution in [2.75, 3.05) is 17.7 Å². The van der Waals surface area contributed by atoms with Crippen molar-refractivity contribution in [2.24, 2.45) is 5.10 Å². The first kappa shape index (κ1) is 13.8. The largest absolute Gasteiger partial charge is 0.285 e. The van der Waals surface area contributed by atoms with Crippen LogP contribution in [0.2, 0.25) is 5.02 Å². The second-order valence-electron chi connectivity index (χ2n) is 3.14. The van der Waals surface area contributed by atoms with Crippen LogP contribution in [0.4, 0.5) is 5.69 Å². The van der Waals surface area contributed by atoms with Gasteiger partial charge in [-0.15, -0.1) is 0 Å². The van der Waals surface area contributed by atoms with Crippen molar-refractivity contribution in [3.8, 4) is 0 Å². The predicted molar refractivity (Wildman–Crippen MR) is 67.7 cm³/mol. The van der Waals surface area contributed by atoms with Gasteiger partial charge in [-0.05, 0) is 12.1 Å². The van der Waals surface area contributed by atoms with Crippen LogP contribution in [-0.2, 0) is 10.1 Å². The van der Waals surface area contributed by atoms with E-state index in [9.17, 15) is 8.42 Å². The number of hydrazone groups is 1. The summed E-state index contributed by atoms with van der Waals surface area (Å²) < 4.78 is 29.8. The Kier molecular flexibility index (Phi) is 4.73. The molecule has 1 aromatic carbocycles. The fourth-order valence-corrected chi connectivity index (χ4v) is 1.64. The van der Waals surface area contributed by atoms with Gasteiger partial charge in [-0.1, -0.05) is 23.7 Å². The summed E-state index contributed by atoms with van der Waals surface area (Å²) in [5.41, 5.74) is 3.33. The lowest BCUT2D eigenvalue weighted by molar-refractivity contribution is 0.366. The van der Waals surface area contributed by atoms with Crippen molar-refractivity contribution in [3.05, 3.63) is 29.3 Å². The molecule has 0 aliphatic carbocycles. The molecule has 0 atom stereocenters. The number of para-hydroxylation sites is 1. The van der Waals surface area contributed by atoms with Gasteiger partial charge >= 0.3 is 0 Å².